The van der Waals surface area contributed by atoms with Crippen LogP contribution in [-0.4, -0.2) is 54.5 Å². The van der Waals surface area contributed by atoms with E-state index in [9.17, 15) is 9.59 Å². The number of imidazole rings is 1. The highest BCUT2D eigenvalue weighted by molar-refractivity contribution is 5.84. The van der Waals surface area contributed by atoms with Gasteiger partial charge in [-0.1, -0.05) is 18.2 Å². The van der Waals surface area contributed by atoms with Gasteiger partial charge in [0.05, 0.1) is 25.6 Å². The Morgan fingerprint density at radius 3 is 2.83 bits per heavy atom. The Morgan fingerprint density at radius 2 is 2.30 bits per heavy atom. The number of carbonyl (C=O) groups excluding carboxylic acids is 2. The molecule has 0 aliphatic carbocycles. The summed E-state index contributed by atoms with van der Waals surface area (Å²) in [7, 11) is 0. The fraction of sp³-hybridized carbons (Fsp3) is 0.350. The Balaban J connectivity index is 0.000000558. The van der Waals surface area contributed by atoms with Crippen LogP contribution >= 0.6 is 0 Å². The van der Waals surface area contributed by atoms with Crippen LogP contribution in [0, 0.1) is 0 Å². The van der Waals surface area contributed by atoms with Crippen LogP contribution in [0.15, 0.2) is 66.6 Å². The number of H-pyrrole nitrogens is 1. The van der Waals surface area contributed by atoms with Gasteiger partial charge in [-0.25, -0.2) is 14.6 Å². The molecule has 3 heterocycles. The van der Waals surface area contributed by atoms with Crippen LogP contribution in [0.25, 0.3) is 0 Å². The zero-order valence-electron chi connectivity index (χ0n) is 16.9. The molecule has 3 rings (SSSR count). The average Bonchev–Trinajstić information content (AvgIpc) is 3.54. The van der Waals surface area contributed by atoms with Gasteiger partial charge in [-0.2, -0.15) is 0 Å². The van der Waals surface area contributed by atoms with Gasteiger partial charge in [0.1, 0.15) is 18.1 Å². The molecule has 0 aliphatic heterocycles. The Kier molecular flexibility index (Phi) is 9.57. The average molecular weight is 414 g/mol. The van der Waals surface area contributed by atoms with E-state index in [1.165, 1.54) is 28.3 Å². The number of aromatic nitrogens is 5. The van der Waals surface area contributed by atoms with Gasteiger partial charge in [0.25, 0.3) is 0 Å². The molecule has 1 unspecified atom stereocenters. The molecule has 10 nitrogen and oxygen atoms in total. The third-order valence-corrected chi connectivity index (χ3v) is 4.04. The highest BCUT2D eigenvalue weighted by atomic mass is 16.5. The summed E-state index contributed by atoms with van der Waals surface area (Å²) in [6.45, 7) is 5.95. The summed E-state index contributed by atoms with van der Waals surface area (Å²) >= 11 is 0. The van der Waals surface area contributed by atoms with Crippen molar-refractivity contribution in [2.24, 2.45) is 0 Å². The first-order chi connectivity index (χ1) is 14.7. The molecule has 0 saturated carbocycles. The number of aromatic amines is 1. The van der Waals surface area contributed by atoms with Gasteiger partial charge in [-0.3, -0.25) is 9.67 Å². The number of hydrogen-bond acceptors (Lipinski definition) is 7. The molecule has 0 radical (unpaired) electrons. The van der Waals surface area contributed by atoms with Crippen LogP contribution in [0.2, 0.25) is 0 Å². The number of nitrogens with one attached hydrogen (secondary N) is 1. The number of carbonyl (C=O) groups is 2. The lowest BCUT2D eigenvalue weighted by molar-refractivity contribution is -0.149. The van der Waals surface area contributed by atoms with Crippen LogP contribution in [0.5, 0.6) is 0 Å². The van der Waals surface area contributed by atoms with Crippen molar-refractivity contribution >= 4 is 12.0 Å². The number of ether oxygens (including phenoxy) is 1. The quantitative estimate of drug-likeness (QED) is 0.325. The van der Waals surface area contributed by atoms with Gasteiger partial charge >= 0.3 is 12.0 Å². The number of unbranched alkanes of at least 4 members (excludes halogenated alkanes) is 1. The second-order valence-electron chi connectivity index (χ2n) is 6.14. The van der Waals surface area contributed by atoms with Gasteiger partial charge in [-0.15, -0.1) is 11.7 Å². The molecule has 3 aromatic rings. The van der Waals surface area contributed by atoms with E-state index in [-0.39, 0.29) is 12.6 Å². The Hall–Kier alpha value is -3.69. The molecule has 0 saturated heterocycles. The summed E-state index contributed by atoms with van der Waals surface area (Å²) < 4.78 is 12.0. The van der Waals surface area contributed by atoms with Crippen LogP contribution in [0.3, 0.4) is 0 Å². The van der Waals surface area contributed by atoms with Gasteiger partial charge < -0.3 is 14.1 Å². The fourth-order valence-corrected chi connectivity index (χ4v) is 2.58. The molecule has 10 heteroatoms. The molecule has 0 fully saturated rings. The molecular formula is C20H26N6O4. The molecule has 0 spiro atoms. The minimum absolute atomic E-state index is 0.171. The number of rotatable bonds is 9. The summed E-state index contributed by atoms with van der Waals surface area (Å²) in [6.07, 6.45) is 12.9. The fourth-order valence-electron chi connectivity index (χ4n) is 2.58. The number of amides is 1. The summed E-state index contributed by atoms with van der Waals surface area (Å²) in [5.74, 6) is 0.165. The van der Waals surface area contributed by atoms with Gasteiger partial charge in [-0.05, 0) is 31.4 Å². The Morgan fingerprint density at radius 1 is 1.43 bits per heavy atom. The van der Waals surface area contributed by atoms with Gasteiger partial charge in [0, 0.05) is 18.6 Å². The maximum Gasteiger partial charge on any atom is 0.330 e. The summed E-state index contributed by atoms with van der Waals surface area (Å²) in [4.78, 5) is 30.6. The van der Waals surface area contributed by atoms with E-state index in [1.54, 1.807) is 36.8 Å². The van der Waals surface area contributed by atoms with E-state index in [1.807, 2.05) is 6.92 Å². The highest BCUT2D eigenvalue weighted by Crippen LogP contribution is 2.15. The lowest BCUT2D eigenvalue weighted by Crippen LogP contribution is -2.46. The lowest BCUT2D eigenvalue weighted by Gasteiger charge is -2.28. The number of nitrogens with zero attached hydrogens (tertiary/aromatic N) is 5. The standard InChI is InChI=1S/C18H23N3O4.C2H3N3/c1-3-5-6-11-25-17(22)16(4-2)21(13-15-8-7-12-24-15)18(23)20-10-9-19-14-20;1-2-4-5-3-1/h3,7-10,12,14,16H,1,4-6,11,13H2,2H3;1-2H,(H,3,4,5). The zero-order valence-corrected chi connectivity index (χ0v) is 16.9. The van der Waals surface area contributed by atoms with Crippen LogP contribution < -0.4 is 0 Å². The van der Waals surface area contributed by atoms with Crippen LogP contribution in [0.1, 0.15) is 31.9 Å². The van der Waals surface area contributed by atoms with Crippen LogP contribution in [0.4, 0.5) is 4.79 Å². The lowest BCUT2D eigenvalue weighted by atomic mass is 10.2. The predicted molar refractivity (Wildman–Crippen MR) is 108 cm³/mol. The summed E-state index contributed by atoms with van der Waals surface area (Å²) in [5, 5.41) is 9.26. The van der Waals surface area contributed by atoms with Crippen molar-refractivity contribution in [3.63, 3.8) is 0 Å². The Labute approximate surface area is 174 Å². The van der Waals surface area contributed by atoms with Crippen molar-refractivity contribution in [2.45, 2.75) is 38.8 Å². The minimum Gasteiger partial charge on any atom is -0.467 e. The molecular weight excluding hydrogens is 388 g/mol. The number of esters is 1. The number of furan rings is 1. The second-order valence-corrected chi connectivity index (χ2v) is 6.14. The largest absolute Gasteiger partial charge is 0.467 e. The molecule has 1 N–H and O–H groups in total. The van der Waals surface area contributed by atoms with Gasteiger partial charge in [0.15, 0.2) is 0 Å². The Bertz CT molecular complexity index is 829. The zero-order chi connectivity index (χ0) is 21.6. The van der Waals surface area contributed by atoms with Crippen molar-refractivity contribution in [3.05, 3.63) is 67.9 Å². The number of allylic oxidation sites excluding steroid dienone is 1. The van der Waals surface area contributed by atoms with Crippen molar-refractivity contribution in [3.8, 4) is 0 Å². The van der Waals surface area contributed by atoms with E-state index in [4.69, 9.17) is 9.15 Å². The van der Waals surface area contributed by atoms with E-state index in [0.717, 1.165) is 6.42 Å². The minimum atomic E-state index is -0.705. The first-order valence-electron chi connectivity index (χ1n) is 9.56. The molecule has 1 atom stereocenters. The van der Waals surface area contributed by atoms with Crippen molar-refractivity contribution < 1.29 is 18.7 Å². The molecule has 1 amide bonds. The SMILES string of the molecule is C=CCCCOC(=O)C(CC)N(Cc1ccco1)C(=O)n1ccnc1.c1c[nH]nn1. The summed E-state index contributed by atoms with van der Waals surface area (Å²) in [6, 6.07) is 2.44. The van der Waals surface area contributed by atoms with Crippen molar-refractivity contribution in [2.75, 3.05) is 6.61 Å². The topological polar surface area (TPSA) is 119 Å². The van der Waals surface area contributed by atoms with Crippen LogP contribution in [-0.2, 0) is 16.1 Å². The molecule has 30 heavy (non-hydrogen) atoms. The highest BCUT2D eigenvalue weighted by Gasteiger charge is 2.31. The molecule has 3 aromatic heterocycles. The normalized spacial score (nSPS) is 11.1. The van der Waals surface area contributed by atoms with Crippen molar-refractivity contribution in [1.29, 1.82) is 0 Å². The summed E-state index contributed by atoms with van der Waals surface area (Å²) in [5.41, 5.74) is 0. The first-order valence-corrected chi connectivity index (χ1v) is 9.56. The monoisotopic (exact) mass is 414 g/mol. The van der Waals surface area contributed by atoms with E-state index in [0.29, 0.717) is 25.2 Å². The van der Waals surface area contributed by atoms with E-state index >= 15 is 0 Å². The molecule has 160 valence electrons. The molecule has 0 aliphatic rings. The molecule has 0 aromatic carbocycles. The first kappa shape index (κ1) is 22.6. The van der Waals surface area contributed by atoms with Gasteiger partial charge in [0.2, 0.25) is 0 Å². The molecule has 0 bridgehead atoms. The van der Waals surface area contributed by atoms with Crippen molar-refractivity contribution in [1.82, 2.24) is 29.9 Å². The maximum atomic E-state index is 12.8. The third-order valence-electron chi connectivity index (χ3n) is 4.04. The van der Waals surface area contributed by atoms with E-state index < -0.39 is 12.0 Å². The van der Waals surface area contributed by atoms with E-state index in [2.05, 4.69) is 27.0 Å². The third kappa shape index (κ3) is 7.04. The predicted octanol–water partition coefficient (Wildman–Crippen LogP) is 3.04. The number of hydrogen-bond donors (Lipinski definition) is 1. The second kappa shape index (κ2) is 12.7. The smallest absolute Gasteiger partial charge is 0.330 e. The maximum absolute atomic E-state index is 12.8.